The van der Waals surface area contributed by atoms with E-state index in [4.69, 9.17) is 15.1 Å². The normalized spacial score (nSPS) is 9.63. The number of ether oxygens (including phenoxy) is 1. The van der Waals surface area contributed by atoms with Crippen molar-refractivity contribution in [3.63, 3.8) is 0 Å². The maximum absolute atomic E-state index is 11.8. The van der Waals surface area contributed by atoms with Gasteiger partial charge in [-0.05, 0) is 36.4 Å². The van der Waals surface area contributed by atoms with Crippen molar-refractivity contribution in [2.24, 2.45) is 0 Å². The molecule has 0 bridgehead atoms. The maximum atomic E-state index is 11.8. The van der Waals surface area contributed by atoms with Crippen LogP contribution in [0.3, 0.4) is 0 Å². The lowest BCUT2D eigenvalue weighted by Gasteiger charge is -2.06. The Morgan fingerprint density at radius 3 is 2.37 bits per heavy atom. The number of hydrogen-bond acceptors (Lipinski definition) is 5. The van der Waals surface area contributed by atoms with E-state index in [9.17, 15) is 9.90 Å². The Balaban J connectivity index is 2.18. The summed E-state index contributed by atoms with van der Waals surface area (Å²) in [6.07, 6.45) is 0. The second-order valence-corrected chi connectivity index (χ2v) is 3.73. The molecule has 0 radical (unpaired) electrons. The molecule has 0 saturated heterocycles. The third-order valence-electron chi connectivity index (χ3n) is 2.40. The number of benzene rings is 2. The molecule has 0 atom stereocenters. The average Bonchev–Trinajstić information content (AvgIpc) is 2.39. The maximum Gasteiger partial charge on any atom is 0.347 e. The van der Waals surface area contributed by atoms with E-state index in [-0.39, 0.29) is 22.8 Å². The first kappa shape index (κ1) is 12.5. The molecular weight excluding hydrogens is 246 g/mol. The number of hydrogen-bond donors (Lipinski definition) is 2. The minimum absolute atomic E-state index is 0.0536. The standard InChI is InChI=1S/C14H9NO4/c15-8-9-1-4-11(5-2-9)19-14(18)12-6-3-10(16)7-13(12)17/h1-7,16-17H. The molecule has 2 aromatic rings. The third kappa shape index (κ3) is 2.82. The number of rotatable bonds is 2. The third-order valence-corrected chi connectivity index (χ3v) is 2.40. The highest BCUT2D eigenvalue weighted by atomic mass is 16.5. The van der Waals surface area contributed by atoms with Crippen molar-refractivity contribution in [1.29, 1.82) is 5.26 Å². The molecule has 0 heterocycles. The monoisotopic (exact) mass is 255 g/mol. The molecule has 0 aromatic heterocycles. The highest BCUT2D eigenvalue weighted by molar-refractivity contribution is 5.94. The molecule has 2 rings (SSSR count). The number of carbonyl (C=O) groups is 1. The minimum Gasteiger partial charge on any atom is -0.508 e. The van der Waals surface area contributed by atoms with E-state index >= 15 is 0 Å². The van der Waals surface area contributed by atoms with E-state index in [2.05, 4.69) is 0 Å². The van der Waals surface area contributed by atoms with Gasteiger partial charge in [0.05, 0.1) is 11.6 Å². The summed E-state index contributed by atoms with van der Waals surface area (Å²) in [7, 11) is 0. The van der Waals surface area contributed by atoms with Crippen LogP contribution in [0.25, 0.3) is 0 Å². The predicted octanol–water partition coefficient (Wildman–Crippen LogP) is 2.19. The Morgan fingerprint density at radius 2 is 1.79 bits per heavy atom. The number of phenolic OH excluding ortho intramolecular Hbond substituents is 2. The van der Waals surface area contributed by atoms with Crippen molar-refractivity contribution in [3.8, 4) is 23.3 Å². The zero-order chi connectivity index (χ0) is 13.8. The minimum atomic E-state index is -0.748. The Labute approximate surface area is 108 Å². The van der Waals surface area contributed by atoms with E-state index in [0.29, 0.717) is 5.56 Å². The van der Waals surface area contributed by atoms with E-state index < -0.39 is 5.97 Å². The number of carbonyl (C=O) groups excluding carboxylic acids is 1. The molecule has 2 N–H and O–H groups in total. The number of esters is 1. The smallest absolute Gasteiger partial charge is 0.347 e. The van der Waals surface area contributed by atoms with Gasteiger partial charge in [0.1, 0.15) is 22.8 Å². The van der Waals surface area contributed by atoms with Crippen LogP contribution in [0.4, 0.5) is 0 Å². The Morgan fingerprint density at radius 1 is 1.11 bits per heavy atom. The molecule has 2 aromatic carbocycles. The van der Waals surface area contributed by atoms with Gasteiger partial charge < -0.3 is 14.9 Å². The molecule has 5 heteroatoms. The number of phenols is 2. The van der Waals surface area contributed by atoms with Crippen molar-refractivity contribution >= 4 is 5.97 Å². The van der Waals surface area contributed by atoms with Gasteiger partial charge in [-0.2, -0.15) is 5.26 Å². The summed E-state index contributed by atoms with van der Waals surface area (Å²) in [6, 6.07) is 11.5. The van der Waals surface area contributed by atoms with Gasteiger partial charge in [-0.1, -0.05) is 0 Å². The first-order chi connectivity index (χ1) is 9.10. The first-order valence-corrected chi connectivity index (χ1v) is 5.34. The Bertz CT molecular complexity index is 656. The van der Waals surface area contributed by atoms with Gasteiger partial charge in [-0.25, -0.2) is 4.79 Å². The average molecular weight is 255 g/mol. The van der Waals surface area contributed by atoms with Crippen LogP contribution >= 0.6 is 0 Å². The van der Waals surface area contributed by atoms with E-state index in [1.54, 1.807) is 0 Å². The molecular formula is C14H9NO4. The molecule has 0 aliphatic carbocycles. The second-order valence-electron chi connectivity index (χ2n) is 3.73. The quantitative estimate of drug-likeness (QED) is 0.634. The molecule has 19 heavy (non-hydrogen) atoms. The second kappa shape index (κ2) is 5.10. The molecule has 0 unspecified atom stereocenters. The molecule has 0 spiro atoms. The van der Waals surface area contributed by atoms with E-state index in [0.717, 1.165) is 6.07 Å². The molecule has 94 valence electrons. The Kier molecular flexibility index (Phi) is 3.35. The molecule has 0 saturated carbocycles. The van der Waals surface area contributed by atoms with Crippen molar-refractivity contribution in [2.75, 3.05) is 0 Å². The van der Waals surface area contributed by atoms with Crippen molar-refractivity contribution < 1.29 is 19.7 Å². The molecule has 0 aliphatic heterocycles. The van der Waals surface area contributed by atoms with Gasteiger partial charge in [0.25, 0.3) is 0 Å². The fourth-order valence-electron chi connectivity index (χ4n) is 1.45. The fourth-order valence-corrected chi connectivity index (χ4v) is 1.45. The summed E-state index contributed by atoms with van der Waals surface area (Å²) in [5, 5.41) is 27.3. The van der Waals surface area contributed by atoms with Crippen LogP contribution in [0.2, 0.25) is 0 Å². The summed E-state index contributed by atoms with van der Waals surface area (Å²) in [4.78, 5) is 11.8. The van der Waals surface area contributed by atoms with Crippen LogP contribution in [-0.2, 0) is 0 Å². The topological polar surface area (TPSA) is 90.5 Å². The van der Waals surface area contributed by atoms with Crippen LogP contribution < -0.4 is 4.74 Å². The molecule has 0 aliphatic rings. The largest absolute Gasteiger partial charge is 0.508 e. The van der Waals surface area contributed by atoms with Gasteiger partial charge in [0.15, 0.2) is 0 Å². The van der Waals surface area contributed by atoms with E-state index in [1.165, 1.54) is 36.4 Å². The summed E-state index contributed by atoms with van der Waals surface area (Å²) in [5.41, 5.74) is 0.398. The van der Waals surface area contributed by atoms with Crippen LogP contribution in [-0.4, -0.2) is 16.2 Å². The van der Waals surface area contributed by atoms with Gasteiger partial charge in [-0.15, -0.1) is 0 Å². The summed E-state index contributed by atoms with van der Waals surface area (Å²) < 4.78 is 5.03. The van der Waals surface area contributed by atoms with Crippen molar-refractivity contribution in [2.45, 2.75) is 0 Å². The van der Waals surface area contributed by atoms with Crippen LogP contribution in [0.1, 0.15) is 15.9 Å². The van der Waals surface area contributed by atoms with Gasteiger partial charge in [0, 0.05) is 6.07 Å². The summed E-state index contributed by atoms with van der Waals surface area (Å²) in [5.74, 6) is -0.996. The number of nitriles is 1. The highest BCUT2D eigenvalue weighted by Crippen LogP contribution is 2.24. The van der Waals surface area contributed by atoms with Crippen LogP contribution in [0, 0.1) is 11.3 Å². The molecule has 0 amide bonds. The van der Waals surface area contributed by atoms with E-state index in [1.807, 2.05) is 6.07 Å². The number of nitrogens with zero attached hydrogens (tertiary/aromatic N) is 1. The van der Waals surface area contributed by atoms with Crippen molar-refractivity contribution in [3.05, 3.63) is 53.6 Å². The zero-order valence-electron chi connectivity index (χ0n) is 9.70. The lowest BCUT2D eigenvalue weighted by Crippen LogP contribution is -2.08. The first-order valence-electron chi connectivity index (χ1n) is 5.34. The summed E-state index contributed by atoms with van der Waals surface area (Å²) >= 11 is 0. The predicted molar refractivity (Wildman–Crippen MR) is 65.9 cm³/mol. The van der Waals surface area contributed by atoms with Gasteiger partial charge in [-0.3, -0.25) is 0 Å². The zero-order valence-corrected chi connectivity index (χ0v) is 9.70. The lowest BCUT2D eigenvalue weighted by molar-refractivity contribution is 0.0731. The van der Waals surface area contributed by atoms with Crippen LogP contribution in [0.15, 0.2) is 42.5 Å². The van der Waals surface area contributed by atoms with Gasteiger partial charge in [0.2, 0.25) is 0 Å². The fraction of sp³-hybridized carbons (Fsp3) is 0. The summed E-state index contributed by atoms with van der Waals surface area (Å²) in [6.45, 7) is 0. The SMILES string of the molecule is N#Cc1ccc(OC(=O)c2ccc(O)cc2O)cc1. The van der Waals surface area contributed by atoms with Crippen LogP contribution in [0.5, 0.6) is 17.2 Å². The Hall–Kier alpha value is -3.00. The highest BCUT2D eigenvalue weighted by Gasteiger charge is 2.14. The molecule has 0 fully saturated rings. The van der Waals surface area contributed by atoms with Gasteiger partial charge >= 0.3 is 5.97 Å². The van der Waals surface area contributed by atoms with Crippen molar-refractivity contribution in [1.82, 2.24) is 0 Å². The molecule has 5 nitrogen and oxygen atoms in total. The lowest BCUT2D eigenvalue weighted by atomic mass is 10.2. The number of aromatic hydroxyl groups is 2.